The predicted octanol–water partition coefficient (Wildman–Crippen LogP) is 1.69. The minimum Gasteiger partial charge on any atom is -0.476 e. The third-order valence-corrected chi connectivity index (χ3v) is 2.79. The maximum absolute atomic E-state index is 13.5. The van der Waals surface area contributed by atoms with E-state index in [2.05, 4.69) is 5.10 Å². The van der Waals surface area contributed by atoms with Crippen LogP contribution in [0.2, 0.25) is 0 Å². The fourth-order valence-electron chi connectivity index (χ4n) is 1.72. The highest BCUT2D eigenvalue weighted by molar-refractivity contribution is 5.85. The molecule has 0 aliphatic heterocycles. The van der Waals surface area contributed by atoms with Crippen molar-refractivity contribution >= 4 is 5.97 Å². The molecule has 0 unspecified atom stereocenters. The van der Waals surface area contributed by atoms with Gasteiger partial charge in [0, 0.05) is 17.3 Å². The number of rotatable bonds is 2. The number of hydrogen-bond donors (Lipinski definition) is 1. The highest BCUT2D eigenvalue weighted by Gasteiger charge is 2.15. The van der Waals surface area contributed by atoms with Crippen LogP contribution in [0.15, 0.2) is 29.2 Å². The van der Waals surface area contributed by atoms with E-state index in [1.807, 2.05) is 0 Å². The predicted molar refractivity (Wildman–Crippen MR) is 66.2 cm³/mol. The van der Waals surface area contributed by atoms with E-state index >= 15 is 0 Å². The second-order valence-corrected chi connectivity index (χ2v) is 4.12. The van der Waals surface area contributed by atoms with Gasteiger partial charge in [0.25, 0.3) is 0 Å². The maximum Gasteiger partial charge on any atom is 0.360 e. The molecule has 1 N–H and O–H groups in total. The van der Waals surface area contributed by atoms with Crippen LogP contribution in [-0.4, -0.2) is 20.9 Å². The van der Waals surface area contributed by atoms with Crippen molar-refractivity contribution in [3.05, 3.63) is 57.3 Å². The minimum absolute atomic E-state index is 0.232. The number of benzene rings is 1. The van der Waals surface area contributed by atoms with Crippen molar-refractivity contribution in [2.75, 3.05) is 0 Å². The number of aryl methyl sites for hydroxylation is 1. The number of carboxylic acid groups (broad SMARTS) is 1. The molecule has 0 fully saturated rings. The van der Waals surface area contributed by atoms with Crippen LogP contribution in [-0.2, 0) is 0 Å². The quantitative estimate of drug-likeness (QED) is 0.893. The molecule has 2 rings (SSSR count). The highest BCUT2D eigenvalue weighted by atomic mass is 19.1. The number of aromatic nitrogens is 2. The van der Waals surface area contributed by atoms with Gasteiger partial charge in [-0.05, 0) is 26.0 Å². The monoisotopic (exact) mass is 262 g/mol. The molecule has 0 saturated carbocycles. The van der Waals surface area contributed by atoms with Crippen molar-refractivity contribution in [1.82, 2.24) is 9.78 Å². The summed E-state index contributed by atoms with van der Waals surface area (Å²) in [5, 5.41) is 12.7. The average molecular weight is 262 g/mol. The van der Waals surface area contributed by atoms with Gasteiger partial charge in [0.2, 0.25) is 11.1 Å². The van der Waals surface area contributed by atoms with Crippen molar-refractivity contribution in [2.24, 2.45) is 0 Å². The summed E-state index contributed by atoms with van der Waals surface area (Å²) in [7, 11) is 0. The lowest BCUT2D eigenvalue weighted by Gasteiger charge is -2.10. The average Bonchev–Trinajstić information content (AvgIpc) is 2.35. The Morgan fingerprint density at radius 3 is 2.68 bits per heavy atom. The van der Waals surface area contributed by atoms with Crippen LogP contribution >= 0.6 is 0 Å². The fourth-order valence-corrected chi connectivity index (χ4v) is 1.72. The Labute approximate surface area is 107 Å². The molecule has 0 atom stereocenters. The molecule has 2 aromatic rings. The molecule has 1 aromatic carbocycles. The van der Waals surface area contributed by atoms with Crippen LogP contribution in [0.4, 0.5) is 4.39 Å². The molecule has 0 aliphatic rings. The zero-order chi connectivity index (χ0) is 14.2. The number of aromatic carboxylic acids is 1. The SMILES string of the molecule is Cc1c(F)cccc1-n1cc(C)c(=O)c(C(=O)O)n1. The van der Waals surface area contributed by atoms with Gasteiger partial charge in [-0.2, -0.15) is 5.10 Å². The molecule has 0 radical (unpaired) electrons. The number of carbonyl (C=O) groups is 1. The van der Waals surface area contributed by atoms with Crippen molar-refractivity contribution in [3.8, 4) is 5.69 Å². The molecule has 0 aliphatic carbocycles. The zero-order valence-electron chi connectivity index (χ0n) is 10.3. The van der Waals surface area contributed by atoms with Gasteiger partial charge in [-0.15, -0.1) is 0 Å². The second-order valence-electron chi connectivity index (χ2n) is 4.12. The molecule has 0 bridgehead atoms. The van der Waals surface area contributed by atoms with Crippen LogP contribution in [0.3, 0.4) is 0 Å². The first-order chi connectivity index (χ1) is 8.91. The van der Waals surface area contributed by atoms with Gasteiger partial charge in [-0.1, -0.05) is 6.07 Å². The minimum atomic E-state index is -1.41. The molecule has 1 heterocycles. The van der Waals surface area contributed by atoms with E-state index in [4.69, 9.17) is 5.11 Å². The normalized spacial score (nSPS) is 10.5. The Morgan fingerprint density at radius 1 is 1.37 bits per heavy atom. The van der Waals surface area contributed by atoms with Crippen molar-refractivity contribution in [2.45, 2.75) is 13.8 Å². The third-order valence-electron chi connectivity index (χ3n) is 2.79. The summed E-state index contributed by atoms with van der Waals surface area (Å²) in [5.41, 5.74) is -0.266. The zero-order valence-corrected chi connectivity index (χ0v) is 10.3. The lowest BCUT2D eigenvalue weighted by Crippen LogP contribution is -2.23. The summed E-state index contributed by atoms with van der Waals surface area (Å²) in [6.45, 7) is 3.04. The van der Waals surface area contributed by atoms with Gasteiger partial charge < -0.3 is 5.11 Å². The molecule has 5 nitrogen and oxygen atoms in total. The summed E-state index contributed by atoms with van der Waals surface area (Å²) in [6, 6.07) is 4.39. The third kappa shape index (κ3) is 2.24. The van der Waals surface area contributed by atoms with Gasteiger partial charge in [-0.3, -0.25) is 4.79 Å². The van der Waals surface area contributed by atoms with Gasteiger partial charge in [0.1, 0.15) is 5.82 Å². The molecule has 0 spiro atoms. The Hall–Kier alpha value is -2.50. The molecular formula is C13H11FN2O3. The number of nitrogens with zero attached hydrogens (tertiary/aromatic N) is 2. The van der Waals surface area contributed by atoms with Gasteiger partial charge in [0.05, 0.1) is 5.69 Å². The molecule has 0 amide bonds. The molecule has 19 heavy (non-hydrogen) atoms. The van der Waals surface area contributed by atoms with Gasteiger partial charge >= 0.3 is 5.97 Å². The molecular weight excluding hydrogens is 251 g/mol. The number of halogens is 1. The largest absolute Gasteiger partial charge is 0.476 e. The number of hydrogen-bond acceptors (Lipinski definition) is 3. The summed E-state index contributed by atoms with van der Waals surface area (Å²) < 4.78 is 14.7. The first-order valence-corrected chi connectivity index (χ1v) is 5.51. The van der Waals surface area contributed by atoms with E-state index < -0.39 is 22.9 Å². The Kier molecular flexibility index (Phi) is 3.16. The fraction of sp³-hybridized carbons (Fsp3) is 0.154. The summed E-state index contributed by atoms with van der Waals surface area (Å²) in [4.78, 5) is 22.6. The van der Waals surface area contributed by atoms with Crippen molar-refractivity contribution < 1.29 is 14.3 Å². The van der Waals surface area contributed by atoms with E-state index in [0.29, 0.717) is 11.3 Å². The standard InChI is InChI=1S/C13H11FN2O3/c1-7-6-16(15-11(12(7)17)13(18)19)10-5-3-4-9(14)8(10)2/h3-6H,1-2H3,(H,18,19). The van der Waals surface area contributed by atoms with Crippen LogP contribution in [0, 0.1) is 19.7 Å². The number of carboxylic acids is 1. The first kappa shape index (κ1) is 12.9. The van der Waals surface area contributed by atoms with Crippen molar-refractivity contribution in [1.29, 1.82) is 0 Å². The van der Waals surface area contributed by atoms with Gasteiger partial charge in [0.15, 0.2) is 0 Å². The van der Waals surface area contributed by atoms with E-state index in [1.165, 1.54) is 29.9 Å². The van der Waals surface area contributed by atoms with E-state index in [-0.39, 0.29) is 5.56 Å². The maximum atomic E-state index is 13.5. The van der Waals surface area contributed by atoms with E-state index in [0.717, 1.165) is 0 Å². The lowest BCUT2D eigenvalue weighted by molar-refractivity contribution is 0.0686. The highest BCUT2D eigenvalue weighted by Crippen LogP contribution is 2.15. The van der Waals surface area contributed by atoms with Crippen LogP contribution in [0.25, 0.3) is 5.69 Å². The van der Waals surface area contributed by atoms with E-state index in [1.54, 1.807) is 13.0 Å². The van der Waals surface area contributed by atoms with Gasteiger partial charge in [-0.25, -0.2) is 13.9 Å². The van der Waals surface area contributed by atoms with Crippen LogP contribution in [0.1, 0.15) is 21.6 Å². The Morgan fingerprint density at radius 2 is 2.05 bits per heavy atom. The summed E-state index contributed by atoms with van der Waals surface area (Å²) in [5.74, 6) is -1.83. The molecule has 0 saturated heterocycles. The summed E-state index contributed by atoms with van der Waals surface area (Å²) >= 11 is 0. The van der Waals surface area contributed by atoms with Crippen molar-refractivity contribution in [3.63, 3.8) is 0 Å². The molecule has 1 aromatic heterocycles. The molecule has 98 valence electrons. The molecule has 6 heteroatoms. The Balaban J connectivity index is 2.74. The lowest BCUT2D eigenvalue weighted by atomic mass is 10.2. The second kappa shape index (κ2) is 4.64. The first-order valence-electron chi connectivity index (χ1n) is 5.51. The Bertz CT molecular complexity index is 722. The van der Waals surface area contributed by atoms with Crippen LogP contribution in [0.5, 0.6) is 0 Å². The summed E-state index contributed by atoms with van der Waals surface area (Å²) in [6.07, 6.45) is 1.39. The topological polar surface area (TPSA) is 72.2 Å². The smallest absolute Gasteiger partial charge is 0.360 e. The van der Waals surface area contributed by atoms with E-state index in [9.17, 15) is 14.0 Å². The van der Waals surface area contributed by atoms with Crippen LogP contribution < -0.4 is 5.43 Å².